The summed E-state index contributed by atoms with van der Waals surface area (Å²) in [5.41, 5.74) is 0.213. The van der Waals surface area contributed by atoms with Crippen LogP contribution in [0.15, 0.2) is 4.99 Å². The summed E-state index contributed by atoms with van der Waals surface area (Å²) in [6, 6.07) is 0.430. The number of nitrogens with zero attached hydrogens (tertiary/aromatic N) is 2. The zero-order valence-corrected chi connectivity index (χ0v) is 14.1. The maximum Gasteiger partial charge on any atom is 0.157 e. The molecule has 1 aliphatic heterocycles. The van der Waals surface area contributed by atoms with E-state index in [-0.39, 0.29) is 5.54 Å². The lowest BCUT2D eigenvalue weighted by atomic mass is 10.0. The third-order valence-electron chi connectivity index (χ3n) is 3.74. The first-order chi connectivity index (χ1) is 8.96. The first-order valence-corrected chi connectivity index (χ1v) is 8.66. The lowest BCUT2D eigenvalue weighted by Gasteiger charge is -2.32. The van der Waals surface area contributed by atoms with Gasteiger partial charge in [0.2, 0.25) is 0 Å². The van der Waals surface area contributed by atoms with Gasteiger partial charge in [0.05, 0.1) is 6.04 Å². The first kappa shape index (κ1) is 16.8. The van der Waals surface area contributed by atoms with E-state index in [0.717, 1.165) is 18.3 Å². The Labute approximate surface area is 123 Å². The van der Waals surface area contributed by atoms with Gasteiger partial charge >= 0.3 is 0 Å². The highest BCUT2D eigenvalue weighted by molar-refractivity contribution is 8.13. The van der Waals surface area contributed by atoms with Crippen LogP contribution in [0.2, 0.25) is 0 Å². The van der Waals surface area contributed by atoms with Crippen molar-refractivity contribution in [3.05, 3.63) is 0 Å². The van der Waals surface area contributed by atoms with E-state index < -0.39 is 0 Å². The monoisotopic (exact) mass is 285 g/mol. The topological polar surface area (TPSA) is 27.6 Å². The number of nitrogens with one attached hydrogen (secondary N) is 1. The van der Waals surface area contributed by atoms with Crippen LogP contribution in [0.3, 0.4) is 0 Å². The van der Waals surface area contributed by atoms with Crippen molar-refractivity contribution in [2.75, 3.05) is 25.4 Å². The maximum atomic E-state index is 4.83. The fourth-order valence-corrected chi connectivity index (χ4v) is 3.68. The molecular formula is C15H31N3S. The lowest BCUT2D eigenvalue weighted by Crippen LogP contribution is -2.46. The molecule has 1 saturated heterocycles. The molecule has 0 spiro atoms. The smallest absolute Gasteiger partial charge is 0.157 e. The second-order valence-corrected chi connectivity index (χ2v) is 7.14. The predicted molar refractivity (Wildman–Crippen MR) is 88.2 cm³/mol. The van der Waals surface area contributed by atoms with Gasteiger partial charge in [-0.05, 0) is 59.7 Å². The van der Waals surface area contributed by atoms with E-state index >= 15 is 0 Å². The molecule has 0 aromatic rings. The Balaban J connectivity index is 2.31. The largest absolute Gasteiger partial charge is 0.360 e. The van der Waals surface area contributed by atoms with Gasteiger partial charge in [0, 0.05) is 11.3 Å². The van der Waals surface area contributed by atoms with Crippen molar-refractivity contribution >= 4 is 16.9 Å². The maximum absolute atomic E-state index is 4.83. The summed E-state index contributed by atoms with van der Waals surface area (Å²) in [7, 11) is 0. The van der Waals surface area contributed by atoms with Crippen LogP contribution >= 0.6 is 11.8 Å². The predicted octanol–water partition coefficient (Wildman–Crippen LogP) is 3.36. The zero-order chi connectivity index (χ0) is 14.3. The summed E-state index contributed by atoms with van der Waals surface area (Å²) in [5, 5.41) is 4.69. The zero-order valence-electron chi connectivity index (χ0n) is 13.3. The molecule has 0 amide bonds. The summed E-state index contributed by atoms with van der Waals surface area (Å²) in [6.45, 7) is 14.7. The minimum absolute atomic E-state index is 0.213. The minimum atomic E-state index is 0.213. The Morgan fingerprint density at radius 2 is 2.05 bits per heavy atom. The number of thioether (sulfide) groups is 1. The van der Waals surface area contributed by atoms with E-state index in [4.69, 9.17) is 4.99 Å². The molecule has 0 radical (unpaired) electrons. The molecule has 112 valence electrons. The molecule has 0 aliphatic carbocycles. The van der Waals surface area contributed by atoms with Crippen molar-refractivity contribution in [3.8, 4) is 0 Å². The van der Waals surface area contributed by atoms with Crippen LogP contribution in [0, 0.1) is 0 Å². The fraction of sp³-hybridized carbons (Fsp3) is 0.933. The van der Waals surface area contributed by atoms with Gasteiger partial charge in [0.15, 0.2) is 5.17 Å². The van der Waals surface area contributed by atoms with Crippen LogP contribution in [0.5, 0.6) is 0 Å². The number of hydrogen-bond acceptors (Lipinski definition) is 3. The molecule has 0 aromatic carbocycles. The Kier molecular flexibility index (Phi) is 7.22. The molecular weight excluding hydrogens is 254 g/mol. The molecule has 4 heteroatoms. The highest BCUT2D eigenvalue weighted by atomic mass is 32.2. The molecule has 0 aromatic heterocycles. The van der Waals surface area contributed by atoms with Crippen LogP contribution < -0.4 is 5.32 Å². The molecule has 0 saturated carbocycles. The molecule has 1 rings (SSSR count). The molecule has 19 heavy (non-hydrogen) atoms. The van der Waals surface area contributed by atoms with E-state index in [1.54, 1.807) is 0 Å². The van der Waals surface area contributed by atoms with Crippen LogP contribution in [-0.2, 0) is 0 Å². The summed E-state index contributed by atoms with van der Waals surface area (Å²) in [6.07, 6.45) is 3.64. The molecule has 1 atom stereocenters. The molecule has 3 nitrogen and oxygen atoms in total. The van der Waals surface area contributed by atoms with Crippen molar-refractivity contribution in [2.24, 2.45) is 4.99 Å². The average Bonchev–Trinajstić information content (AvgIpc) is 2.33. The molecule has 0 bridgehead atoms. The Morgan fingerprint density at radius 3 is 2.63 bits per heavy atom. The van der Waals surface area contributed by atoms with Gasteiger partial charge in [-0.2, -0.15) is 0 Å². The highest BCUT2D eigenvalue weighted by Gasteiger charge is 2.24. The van der Waals surface area contributed by atoms with Crippen molar-refractivity contribution in [3.63, 3.8) is 0 Å². The summed E-state index contributed by atoms with van der Waals surface area (Å²) >= 11 is 1.87. The van der Waals surface area contributed by atoms with Gasteiger partial charge in [-0.15, -0.1) is 0 Å². The molecule has 1 unspecified atom stereocenters. The lowest BCUT2D eigenvalue weighted by molar-refractivity contribution is 0.294. The summed E-state index contributed by atoms with van der Waals surface area (Å²) in [4.78, 5) is 7.31. The van der Waals surface area contributed by atoms with E-state index in [2.05, 4.69) is 44.8 Å². The number of aliphatic imine (C=N–C) groups is 1. The molecule has 1 fully saturated rings. The van der Waals surface area contributed by atoms with Crippen molar-refractivity contribution in [1.82, 2.24) is 10.2 Å². The van der Waals surface area contributed by atoms with Gasteiger partial charge in [-0.1, -0.05) is 25.6 Å². The second kappa shape index (κ2) is 8.15. The van der Waals surface area contributed by atoms with Gasteiger partial charge < -0.3 is 10.2 Å². The Bertz CT molecular complexity index is 285. The van der Waals surface area contributed by atoms with Crippen LogP contribution in [0.25, 0.3) is 0 Å². The Morgan fingerprint density at radius 1 is 1.37 bits per heavy atom. The minimum Gasteiger partial charge on any atom is -0.360 e. The van der Waals surface area contributed by atoms with Crippen molar-refractivity contribution in [2.45, 2.75) is 65.5 Å². The van der Waals surface area contributed by atoms with Gasteiger partial charge in [0.1, 0.15) is 0 Å². The van der Waals surface area contributed by atoms with Crippen LogP contribution in [0.4, 0.5) is 0 Å². The van der Waals surface area contributed by atoms with Gasteiger partial charge in [-0.25, -0.2) is 0 Å². The SMILES string of the molecule is CCN(CC)CCCC(C)N=C1NC(C)(C)CCS1. The van der Waals surface area contributed by atoms with E-state index in [1.807, 2.05) is 11.8 Å². The van der Waals surface area contributed by atoms with E-state index in [9.17, 15) is 0 Å². The molecule has 1 aliphatic rings. The molecule has 1 heterocycles. The van der Waals surface area contributed by atoms with E-state index in [1.165, 1.54) is 31.6 Å². The fourth-order valence-electron chi connectivity index (χ4n) is 2.28. The third kappa shape index (κ3) is 6.66. The summed E-state index contributed by atoms with van der Waals surface area (Å²) < 4.78 is 0. The average molecular weight is 286 g/mol. The van der Waals surface area contributed by atoms with Crippen LogP contribution in [-0.4, -0.2) is 47.0 Å². The first-order valence-electron chi connectivity index (χ1n) is 7.68. The standard InChI is InChI=1S/C15H31N3S/c1-6-18(7-2)11-8-9-13(3)16-14-17-15(4,5)10-12-19-14/h13H,6-12H2,1-5H3,(H,16,17). The quantitative estimate of drug-likeness (QED) is 0.777. The second-order valence-electron chi connectivity index (χ2n) is 6.06. The van der Waals surface area contributed by atoms with Crippen molar-refractivity contribution < 1.29 is 0 Å². The molecule has 1 N–H and O–H groups in total. The van der Waals surface area contributed by atoms with E-state index in [0.29, 0.717) is 6.04 Å². The number of rotatable bonds is 7. The Hall–Kier alpha value is -0.220. The van der Waals surface area contributed by atoms with Gasteiger partial charge in [0.25, 0.3) is 0 Å². The number of amidine groups is 1. The normalized spacial score (nSPS) is 22.5. The van der Waals surface area contributed by atoms with Crippen molar-refractivity contribution in [1.29, 1.82) is 0 Å². The highest BCUT2D eigenvalue weighted by Crippen LogP contribution is 2.22. The van der Waals surface area contributed by atoms with Gasteiger partial charge in [-0.3, -0.25) is 4.99 Å². The number of hydrogen-bond donors (Lipinski definition) is 1. The third-order valence-corrected chi connectivity index (χ3v) is 4.63. The van der Waals surface area contributed by atoms with Crippen LogP contribution in [0.1, 0.15) is 53.9 Å². The summed E-state index contributed by atoms with van der Waals surface area (Å²) in [5.74, 6) is 1.19.